The Kier molecular flexibility index (Phi) is 9.25. The summed E-state index contributed by atoms with van der Waals surface area (Å²) in [5.41, 5.74) is 1.17. The number of nitrogens with zero attached hydrogens (tertiary/aromatic N) is 4. The summed E-state index contributed by atoms with van der Waals surface area (Å²) in [5, 5.41) is 0. The minimum atomic E-state index is -0.522. The SMILES string of the molecule is CN(CCCCCc1ccc2c(n1)N(C(=O)OC(C)(C)C)CCC2)C1CCN(C(=O)OC(C)(C)C)C1. The molecule has 0 saturated carbocycles. The molecule has 1 unspecified atom stereocenters. The molecule has 202 valence electrons. The number of likely N-dealkylation sites (N-methyl/N-ethyl adjacent to an activating group) is 1. The van der Waals surface area contributed by atoms with Gasteiger partial charge in [-0.15, -0.1) is 0 Å². The maximum absolute atomic E-state index is 12.7. The third-order valence-corrected chi connectivity index (χ3v) is 6.59. The molecule has 3 heterocycles. The van der Waals surface area contributed by atoms with Gasteiger partial charge in [0, 0.05) is 31.4 Å². The van der Waals surface area contributed by atoms with Crippen molar-refractivity contribution in [1.29, 1.82) is 0 Å². The van der Waals surface area contributed by atoms with Crippen LogP contribution in [0.1, 0.15) is 84.9 Å². The van der Waals surface area contributed by atoms with E-state index >= 15 is 0 Å². The number of ether oxygens (including phenoxy) is 2. The quantitative estimate of drug-likeness (QED) is 0.463. The number of pyridine rings is 1. The Hall–Kier alpha value is -2.35. The fourth-order valence-electron chi connectivity index (χ4n) is 4.73. The monoisotopic (exact) mass is 502 g/mol. The van der Waals surface area contributed by atoms with Crippen LogP contribution in [0.5, 0.6) is 0 Å². The fourth-order valence-corrected chi connectivity index (χ4v) is 4.73. The number of aromatic nitrogens is 1. The lowest BCUT2D eigenvalue weighted by Gasteiger charge is -2.31. The van der Waals surface area contributed by atoms with Gasteiger partial charge in [-0.3, -0.25) is 4.90 Å². The molecule has 0 aromatic carbocycles. The summed E-state index contributed by atoms with van der Waals surface area (Å²) in [6.45, 7) is 14.5. The van der Waals surface area contributed by atoms with Crippen molar-refractivity contribution in [2.24, 2.45) is 0 Å². The number of hydrogen-bond donors (Lipinski definition) is 0. The highest BCUT2D eigenvalue weighted by atomic mass is 16.6. The van der Waals surface area contributed by atoms with Crippen LogP contribution in [0.2, 0.25) is 0 Å². The molecule has 1 fully saturated rings. The van der Waals surface area contributed by atoms with Gasteiger partial charge in [0.05, 0.1) is 0 Å². The second-order valence-electron chi connectivity index (χ2n) is 12.2. The van der Waals surface area contributed by atoms with Gasteiger partial charge in [0.2, 0.25) is 0 Å². The number of amides is 2. The largest absolute Gasteiger partial charge is 0.444 e. The third-order valence-electron chi connectivity index (χ3n) is 6.59. The Morgan fingerprint density at radius 2 is 1.69 bits per heavy atom. The van der Waals surface area contributed by atoms with Crippen molar-refractivity contribution in [1.82, 2.24) is 14.8 Å². The molecule has 1 atom stereocenters. The highest BCUT2D eigenvalue weighted by Gasteiger charge is 2.31. The molecule has 8 heteroatoms. The van der Waals surface area contributed by atoms with Crippen LogP contribution in [0.3, 0.4) is 0 Å². The molecule has 36 heavy (non-hydrogen) atoms. The average Bonchev–Trinajstić information content (AvgIpc) is 3.26. The summed E-state index contributed by atoms with van der Waals surface area (Å²) >= 11 is 0. The van der Waals surface area contributed by atoms with Gasteiger partial charge in [-0.2, -0.15) is 0 Å². The highest BCUT2D eigenvalue weighted by molar-refractivity contribution is 5.88. The summed E-state index contributed by atoms with van der Waals surface area (Å²) in [4.78, 5) is 35.8. The van der Waals surface area contributed by atoms with Crippen LogP contribution in [0.25, 0.3) is 0 Å². The zero-order valence-corrected chi connectivity index (χ0v) is 23.4. The summed E-state index contributed by atoms with van der Waals surface area (Å²) < 4.78 is 11.1. The van der Waals surface area contributed by atoms with Crippen molar-refractivity contribution in [2.45, 2.75) is 104 Å². The lowest BCUT2D eigenvalue weighted by Crippen LogP contribution is -2.40. The van der Waals surface area contributed by atoms with E-state index in [2.05, 4.69) is 24.1 Å². The maximum Gasteiger partial charge on any atom is 0.416 e. The summed E-state index contributed by atoms with van der Waals surface area (Å²) in [6, 6.07) is 4.62. The molecule has 0 spiro atoms. The Balaban J connectivity index is 1.42. The summed E-state index contributed by atoms with van der Waals surface area (Å²) in [6.07, 6.45) is 6.52. The van der Waals surface area contributed by atoms with Crippen LogP contribution in [-0.2, 0) is 22.3 Å². The van der Waals surface area contributed by atoms with Gasteiger partial charge in [0.25, 0.3) is 0 Å². The standard InChI is InChI=1S/C28H46N4O4/c1-27(2,3)35-25(33)31-19-16-23(20-31)30(7)17-10-8-9-13-22-15-14-21-12-11-18-32(24(21)29-22)26(34)36-28(4,5)6/h14-15,23H,8-13,16-20H2,1-7H3. The molecule has 3 rings (SSSR count). The molecule has 1 aromatic rings. The average molecular weight is 503 g/mol. The number of unbranched alkanes of at least 4 members (excludes halogenated alkanes) is 2. The lowest BCUT2D eigenvalue weighted by atomic mass is 10.0. The number of fused-ring (bicyclic) bond motifs is 1. The van der Waals surface area contributed by atoms with Crippen molar-refractivity contribution in [3.8, 4) is 0 Å². The molecule has 2 aliphatic rings. The van der Waals surface area contributed by atoms with Crippen LogP contribution in [0.4, 0.5) is 15.4 Å². The topological polar surface area (TPSA) is 75.2 Å². The number of anilines is 1. The molecular weight excluding hydrogens is 456 g/mol. The van der Waals surface area contributed by atoms with Crippen molar-refractivity contribution in [3.63, 3.8) is 0 Å². The van der Waals surface area contributed by atoms with Crippen molar-refractivity contribution < 1.29 is 19.1 Å². The molecular formula is C28H46N4O4. The Morgan fingerprint density at radius 3 is 2.39 bits per heavy atom. The summed E-state index contributed by atoms with van der Waals surface area (Å²) in [5.74, 6) is 0.767. The zero-order chi connectivity index (χ0) is 26.5. The van der Waals surface area contributed by atoms with E-state index < -0.39 is 11.2 Å². The zero-order valence-electron chi connectivity index (χ0n) is 23.4. The van der Waals surface area contributed by atoms with E-state index in [-0.39, 0.29) is 12.2 Å². The first-order valence-corrected chi connectivity index (χ1v) is 13.5. The van der Waals surface area contributed by atoms with Gasteiger partial charge in [0.1, 0.15) is 17.0 Å². The molecule has 0 bridgehead atoms. The van der Waals surface area contributed by atoms with Gasteiger partial charge >= 0.3 is 12.2 Å². The van der Waals surface area contributed by atoms with E-state index in [1.165, 1.54) is 0 Å². The maximum atomic E-state index is 12.7. The first kappa shape index (κ1) is 28.2. The van der Waals surface area contributed by atoms with Crippen LogP contribution in [0, 0.1) is 0 Å². The van der Waals surface area contributed by atoms with E-state index in [9.17, 15) is 9.59 Å². The molecule has 0 radical (unpaired) electrons. The van der Waals surface area contributed by atoms with Gasteiger partial charge < -0.3 is 19.3 Å². The normalized spacial score (nSPS) is 18.4. The second kappa shape index (κ2) is 11.8. The highest BCUT2D eigenvalue weighted by Crippen LogP contribution is 2.27. The number of carbonyl (C=O) groups excluding carboxylic acids is 2. The van der Waals surface area contributed by atoms with Gasteiger partial charge in [0.15, 0.2) is 0 Å². The smallest absolute Gasteiger partial charge is 0.416 e. The van der Waals surface area contributed by atoms with Crippen molar-refractivity contribution in [2.75, 3.05) is 38.1 Å². The van der Waals surface area contributed by atoms with Crippen LogP contribution in [-0.4, -0.2) is 77.4 Å². The molecule has 1 saturated heterocycles. The van der Waals surface area contributed by atoms with Crippen LogP contribution in [0.15, 0.2) is 12.1 Å². The molecule has 1 aromatic heterocycles. The fraction of sp³-hybridized carbons (Fsp3) is 0.750. The molecule has 0 aliphatic carbocycles. The van der Waals surface area contributed by atoms with E-state index in [1.807, 2.05) is 46.4 Å². The Labute approximate surface area is 217 Å². The minimum Gasteiger partial charge on any atom is -0.444 e. The van der Waals surface area contributed by atoms with E-state index in [0.717, 1.165) is 81.7 Å². The lowest BCUT2D eigenvalue weighted by molar-refractivity contribution is 0.0282. The van der Waals surface area contributed by atoms with E-state index in [4.69, 9.17) is 14.5 Å². The molecule has 2 amide bonds. The van der Waals surface area contributed by atoms with E-state index in [1.54, 1.807) is 4.90 Å². The van der Waals surface area contributed by atoms with Gasteiger partial charge in [-0.05, 0) is 105 Å². The van der Waals surface area contributed by atoms with Crippen LogP contribution >= 0.6 is 0 Å². The Bertz CT molecular complexity index is 906. The number of aryl methyl sites for hydroxylation is 2. The second-order valence-corrected chi connectivity index (χ2v) is 12.2. The Morgan fingerprint density at radius 1 is 1.00 bits per heavy atom. The van der Waals surface area contributed by atoms with E-state index in [0.29, 0.717) is 12.6 Å². The predicted molar refractivity (Wildman–Crippen MR) is 143 cm³/mol. The minimum absolute atomic E-state index is 0.207. The molecule has 0 N–H and O–H groups in total. The van der Waals surface area contributed by atoms with Gasteiger partial charge in [-0.25, -0.2) is 14.6 Å². The van der Waals surface area contributed by atoms with Crippen LogP contribution < -0.4 is 4.90 Å². The van der Waals surface area contributed by atoms with Crippen molar-refractivity contribution >= 4 is 18.0 Å². The molecule has 2 aliphatic heterocycles. The number of likely N-dealkylation sites (tertiary alicyclic amines) is 1. The number of carbonyl (C=O) groups is 2. The first-order valence-electron chi connectivity index (χ1n) is 13.5. The first-order chi connectivity index (χ1) is 16.8. The summed E-state index contributed by atoms with van der Waals surface area (Å²) in [7, 11) is 2.15. The van der Waals surface area contributed by atoms with Crippen molar-refractivity contribution in [3.05, 3.63) is 23.4 Å². The van der Waals surface area contributed by atoms with Gasteiger partial charge in [-0.1, -0.05) is 12.5 Å². The number of hydrogen-bond acceptors (Lipinski definition) is 6. The predicted octanol–water partition coefficient (Wildman–Crippen LogP) is 5.42. The third kappa shape index (κ3) is 8.36. The molecule has 8 nitrogen and oxygen atoms in total. The number of rotatable bonds is 7.